The molecule has 0 radical (unpaired) electrons. The number of likely N-dealkylation sites (tertiary alicyclic amines) is 1. The highest BCUT2D eigenvalue weighted by Gasteiger charge is 2.55. The molecule has 5 rings (SSSR count). The molecule has 2 aromatic heterocycles. The van der Waals surface area contributed by atoms with Gasteiger partial charge in [-0.05, 0) is 61.3 Å². The van der Waals surface area contributed by atoms with Crippen molar-refractivity contribution < 1.29 is 14.6 Å². The van der Waals surface area contributed by atoms with Crippen LogP contribution in [-0.2, 0) is 17.6 Å². The molecule has 0 bridgehead atoms. The molecule has 3 aliphatic rings. The van der Waals surface area contributed by atoms with Gasteiger partial charge in [-0.25, -0.2) is 9.97 Å². The van der Waals surface area contributed by atoms with Gasteiger partial charge in [0, 0.05) is 49.7 Å². The first kappa shape index (κ1) is 22.1. The zero-order chi connectivity index (χ0) is 22.8. The zero-order valence-electron chi connectivity index (χ0n) is 19.2. The molecule has 33 heavy (non-hydrogen) atoms. The molecule has 8 nitrogen and oxygen atoms in total. The molecule has 2 aliphatic heterocycles. The van der Waals surface area contributed by atoms with Gasteiger partial charge in [0.05, 0.1) is 13.5 Å². The summed E-state index contributed by atoms with van der Waals surface area (Å²) in [4.78, 5) is 23.0. The molecular weight excluding hydrogens is 418 g/mol. The molecule has 2 aromatic rings. The third kappa shape index (κ3) is 5.12. The third-order valence-corrected chi connectivity index (χ3v) is 7.27. The number of pyridine rings is 2. The van der Waals surface area contributed by atoms with Crippen molar-refractivity contribution in [1.82, 2.24) is 20.2 Å². The minimum Gasteiger partial charge on any atom is -0.481 e. The number of carboxylic acid groups (broad SMARTS) is 1. The largest absolute Gasteiger partial charge is 0.481 e. The maximum absolute atomic E-state index is 11.4. The SMILES string of the molecule is COc1ccc([C@@H](CC(=O)O)NC2[C@H]3CN(CCCc4ccc5c(n4)NCCC5)C[C@@H]23)cn1. The number of carbonyl (C=O) groups is 1. The molecule has 2 fully saturated rings. The van der Waals surface area contributed by atoms with E-state index in [9.17, 15) is 9.90 Å². The topological polar surface area (TPSA) is 99.6 Å². The third-order valence-electron chi connectivity index (χ3n) is 7.27. The molecule has 1 saturated carbocycles. The average molecular weight is 452 g/mol. The van der Waals surface area contributed by atoms with Crippen LogP contribution in [0.5, 0.6) is 5.88 Å². The molecule has 4 atom stereocenters. The van der Waals surface area contributed by atoms with E-state index in [2.05, 4.69) is 32.7 Å². The van der Waals surface area contributed by atoms with Crippen LogP contribution in [0.25, 0.3) is 0 Å². The summed E-state index contributed by atoms with van der Waals surface area (Å²) < 4.78 is 5.12. The average Bonchev–Trinajstić information content (AvgIpc) is 3.26. The Labute approximate surface area is 194 Å². The molecule has 0 aromatic carbocycles. The summed E-state index contributed by atoms with van der Waals surface area (Å²) in [6.07, 6.45) is 6.21. The van der Waals surface area contributed by atoms with Gasteiger partial charge in [-0.3, -0.25) is 4.79 Å². The van der Waals surface area contributed by atoms with E-state index in [1.807, 2.05) is 6.07 Å². The first-order chi connectivity index (χ1) is 16.1. The fourth-order valence-electron chi connectivity index (χ4n) is 5.43. The van der Waals surface area contributed by atoms with E-state index >= 15 is 0 Å². The molecule has 176 valence electrons. The molecule has 3 N–H and O–H groups in total. The van der Waals surface area contributed by atoms with Gasteiger partial charge in [-0.2, -0.15) is 0 Å². The molecule has 1 unspecified atom stereocenters. The lowest BCUT2D eigenvalue weighted by molar-refractivity contribution is -0.137. The van der Waals surface area contributed by atoms with Crippen LogP contribution >= 0.6 is 0 Å². The minimum absolute atomic E-state index is 0.0519. The zero-order valence-corrected chi connectivity index (χ0v) is 19.2. The number of aliphatic carboxylic acids is 1. The predicted molar refractivity (Wildman–Crippen MR) is 125 cm³/mol. The summed E-state index contributed by atoms with van der Waals surface area (Å²) in [6, 6.07) is 8.27. The summed E-state index contributed by atoms with van der Waals surface area (Å²) in [5, 5.41) is 16.4. The summed E-state index contributed by atoms with van der Waals surface area (Å²) in [5.41, 5.74) is 3.42. The van der Waals surface area contributed by atoms with E-state index in [0.29, 0.717) is 23.8 Å². The van der Waals surface area contributed by atoms with Crippen LogP contribution < -0.4 is 15.4 Å². The number of rotatable bonds is 10. The van der Waals surface area contributed by atoms with E-state index < -0.39 is 5.97 Å². The first-order valence-electron chi connectivity index (χ1n) is 12.0. The van der Waals surface area contributed by atoms with E-state index in [1.54, 1.807) is 19.4 Å². The van der Waals surface area contributed by atoms with Gasteiger partial charge in [0.25, 0.3) is 0 Å². The lowest BCUT2D eigenvalue weighted by atomic mass is 10.1. The number of methoxy groups -OCH3 is 1. The number of anilines is 1. The number of aryl methyl sites for hydroxylation is 2. The number of piperidine rings is 1. The molecule has 0 spiro atoms. The van der Waals surface area contributed by atoms with E-state index in [4.69, 9.17) is 9.72 Å². The Bertz CT molecular complexity index is 971. The van der Waals surface area contributed by atoms with Crippen LogP contribution in [0.1, 0.15) is 42.1 Å². The van der Waals surface area contributed by atoms with Crippen molar-refractivity contribution in [3.05, 3.63) is 47.3 Å². The van der Waals surface area contributed by atoms with Gasteiger partial charge < -0.3 is 25.4 Å². The predicted octanol–water partition coefficient (Wildman–Crippen LogP) is 2.51. The Hall–Kier alpha value is -2.71. The van der Waals surface area contributed by atoms with Crippen molar-refractivity contribution >= 4 is 11.8 Å². The minimum atomic E-state index is -0.804. The fourth-order valence-corrected chi connectivity index (χ4v) is 5.43. The number of ether oxygens (including phenoxy) is 1. The molecule has 0 amide bonds. The number of fused-ring (bicyclic) bond motifs is 2. The highest BCUT2D eigenvalue weighted by molar-refractivity contribution is 5.68. The van der Waals surface area contributed by atoms with E-state index in [0.717, 1.165) is 56.8 Å². The van der Waals surface area contributed by atoms with Gasteiger partial charge in [-0.15, -0.1) is 0 Å². The number of nitrogens with one attached hydrogen (secondary N) is 2. The van der Waals surface area contributed by atoms with Crippen molar-refractivity contribution in [2.75, 3.05) is 38.6 Å². The molecule has 1 saturated heterocycles. The summed E-state index contributed by atoms with van der Waals surface area (Å²) in [5.74, 6) is 2.03. The Balaban J connectivity index is 1.08. The van der Waals surface area contributed by atoms with Crippen LogP contribution in [0.2, 0.25) is 0 Å². The van der Waals surface area contributed by atoms with Crippen LogP contribution in [0.15, 0.2) is 30.5 Å². The maximum atomic E-state index is 11.4. The van der Waals surface area contributed by atoms with Crippen LogP contribution in [0.4, 0.5) is 5.82 Å². The summed E-state index contributed by atoms with van der Waals surface area (Å²) >= 11 is 0. The smallest absolute Gasteiger partial charge is 0.305 e. The second kappa shape index (κ2) is 9.65. The van der Waals surface area contributed by atoms with Crippen molar-refractivity contribution in [3.8, 4) is 5.88 Å². The summed E-state index contributed by atoms with van der Waals surface area (Å²) in [7, 11) is 1.58. The fraction of sp³-hybridized carbons (Fsp3) is 0.560. The van der Waals surface area contributed by atoms with Crippen molar-refractivity contribution in [2.24, 2.45) is 11.8 Å². The number of aromatic nitrogens is 2. The van der Waals surface area contributed by atoms with Gasteiger partial charge >= 0.3 is 5.97 Å². The van der Waals surface area contributed by atoms with E-state index in [-0.39, 0.29) is 12.5 Å². The van der Waals surface area contributed by atoms with E-state index in [1.165, 1.54) is 17.7 Å². The lowest BCUT2D eigenvalue weighted by Gasteiger charge is -2.23. The Morgan fingerprint density at radius 2 is 2.15 bits per heavy atom. The highest BCUT2D eigenvalue weighted by Crippen LogP contribution is 2.46. The van der Waals surface area contributed by atoms with Crippen LogP contribution in [-0.4, -0.2) is 65.3 Å². The highest BCUT2D eigenvalue weighted by atomic mass is 16.5. The van der Waals surface area contributed by atoms with Crippen molar-refractivity contribution in [2.45, 2.75) is 44.2 Å². The lowest BCUT2D eigenvalue weighted by Crippen LogP contribution is -2.34. The Kier molecular flexibility index (Phi) is 6.46. The van der Waals surface area contributed by atoms with Crippen LogP contribution in [0.3, 0.4) is 0 Å². The molecule has 1 aliphatic carbocycles. The number of nitrogens with zero attached hydrogens (tertiary/aromatic N) is 3. The molecule has 4 heterocycles. The number of hydrogen-bond donors (Lipinski definition) is 3. The Morgan fingerprint density at radius 3 is 2.88 bits per heavy atom. The molecule has 8 heteroatoms. The van der Waals surface area contributed by atoms with Crippen molar-refractivity contribution in [1.29, 1.82) is 0 Å². The number of carboxylic acids is 1. The second-order valence-corrected chi connectivity index (χ2v) is 9.51. The summed E-state index contributed by atoms with van der Waals surface area (Å²) in [6.45, 7) is 4.29. The molecular formula is C25H33N5O3. The second-order valence-electron chi connectivity index (χ2n) is 9.51. The Morgan fingerprint density at radius 1 is 1.30 bits per heavy atom. The standard InChI is InChI=1S/C25H33N5O3/c1-33-22-9-7-17(13-27-22)21(12-23(31)32)29-24-19-14-30(15-20(19)24)11-3-5-18-8-6-16-4-2-10-26-25(16)28-18/h6-9,13,19-21,24,29H,2-5,10-12,14-15H2,1H3,(H,26,28)(H,31,32)/t19-,20+,21-,24?/m1/s1. The van der Waals surface area contributed by atoms with Gasteiger partial charge in [0.1, 0.15) is 5.82 Å². The van der Waals surface area contributed by atoms with Crippen LogP contribution in [0, 0.1) is 11.8 Å². The van der Waals surface area contributed by atoms with Gasteiger partial charge in [-0.1, -0.05) is 12.1 Å². The van der Waals surface area contributed by atoms with Gasteiger partial charge in [0.15, 0.2) is 0 Å². The van der Waals surface area contributed by atoms with Gasteiger partial charge in [0.2, 0.25) is 5.88 Å². The first-order valence-corrected chi connectivity index (χ1v) is 12.0. The normalized spacial score (nSPS) is 24.5. The monoisotopic (exact) mass is 451 g/mol. The quantitative estimate of drug-likeness (QED) is 0.507. The maximum Gasteiger partial charge on any atom is 0.305 e. The number of hydrogen-bond acceptors (Lipinski definition) is 7. The van der Waals surface area contributed by atoms with Crippen molar-refractivity contribution in [3.63, 3.8) is 0 Å².